The lowest BCUT2D eigenvalue weighted by atomic mass is 10.1. The Kier molecular flexibility index (Phi) is 7.14. The van der Waals surface area contributed by atoms with E-state index < -0.39 is 0 Å². The van der Waals surface area contributed by atoms with Gasteiger partial charge in [-0.15, -0.1) is 0 Å². The van der Waals surface area contributed by atoms with Crippen molar-refractivity contribution in [3.63, 3.8) is 0 Å². The Labute approximate surface area is 149 Å². The van der Waals surface area contributed by atoms with Gasteiger partial charge in [0.15, 0.2) is 0 Å². The standard InChI is InChI=1S/C20H26N2O3/c1-4-5-17(21-15-6-10-18(24-2)11-7-15)14-20(23)22-16-8-12-19(25-3)13-9-16/h6-13,17,21H,4-5,14H2,1-3H3,(H,22,23). The summed E-state index contributed by atoms with van der Waals surface area (Å²) >= 11 is 0. The first-order chi connectivity index (χ1) is 12.1. The molecule has 1 atom stereocenters. The molecule has 1 unspecified atom stereocenters. The molecule has 0 fully saturated rings. The molecule has 5 heteroatoms. The van der Waals surface area contributed by atoms with E-state index in [1.54, 1.807) is 14.2 Å². The van der Waals surface area contributed by atoms with Crippen molar-refractivity contribution in [3.05, 3.63) is 48.5 Å². The van der Waals surface area contributed by atoms with E-state index in [1.807, 2.05) is 48.5 Å². The topological polar surface area (TPSA) is 59.6 Å². The number of hydrogen-bond donors (Lipinski definition) is 2. The van der Waals surface area contributed by atoms with Crippen LogP contribution in [0.5, 0.6) is 11.5 Å². The van der Waals surface area contributed by atoms with Crippen molar-refractivity contribution < 1.29 is 14.3 Å². The van der Waals surface area contributed by atoms with Gasteiger partial charge in [-0.05, 0) is 55.0 Å². The number of hydrogen-bond acceptors (Lipinski definition) is 4. The number of ether oxygens (including phenoxy) is 2. The van der Waals surface area contributed by atoms with Crippen molar-refractivity contribution in [1.82, 2.24) is 0 Å². The molecule has 0 radical (unpaired) electrons. The summed E-state index contributed by atoms with van der Waals surface area (Å²) in [7, 11) is 3.26. The Balaban J connectivity index is 1.93. The highest BCUT2D eigenvalue weighted by Crippen LogP contribution is 2.19. The van der Waals surface area contributed by atoms with Crippen LogP contribution in [-0.4, -0.2) is 26.2 Å². The van der Waals surface area contributed by atoms with Crippen molar-refractivity contribution in [2.75, 3.05) is 24.9 Å². The van der Waals surface area contributed by atoms with Gasteiger partial charge in [-0.1, -0.05) is 13.3 Å². The maximum atomic E-state index is 12.3. The minimum Gasteiger partial charge on any atom is -0.497 e. The molecule has 25 heavy (non-hydrogen) atoms. The SMILES string of the molecule is CCCC(CC(=O)Nc1ccc(OC)cc1)Nc1ccc(OC)cc1. The van der Waals surface area contributed by atoms with E-state index in [4.69, 9.17) is 9.47 Å². The molecule has 134 valence electrons. The van der Waals surface area contributed by atoms with Gasteiger partial charge in [0.2, 0.25) is 5.91 Å². The van der Waals surface area contributed by atoms with Crippen LogP contribution in [0.1, 0.15) is 26.2 Å². The molecule has 0 bridgehead atoms. The first-order valence-corrected chi connectivity index (χ1v) is 8.49. The monoisotopic (exact) mass is 342 g/mol. The van der Waals surface area contributed by atoms with Crippen molar-refractivity contribution in [1.29, 1.82) is 0 Å². The predicted molar refractivity (Wildman–Crippen MR) is 102 cm³/mol. The Hall–Kier alpha value is -2.69. The predicted octanol–water partition coefficient (Wildman–Crippen LogP) is 4.31. The van der Waals surface area contributed by atoms with Gasteiger partial charge in [-0.2, -0.15) is 0 Å². The maximum Gasteiger partial charge on any atom is 0.226 e. The van der Waals surface area contributed by atoms with Crippen LogP contribution in [0.2, 0.25) is 0 Å². The number of benzene rings is 2. The molecular weight excluding hydrogens is 316 g/mol. The summed E-state index contributed by atoms with van der Waals surface area (Å²) in [6.45, 7) is 2.12. The highest BCUT2D eigenvalue weighted by molar-refractivity contribution is 5.91. The van der Waals surface area contributed by atoms with Crippen LogP contribution in [0.4, 0.5) is 11.4 Å². The lowest BCUT2D eigenvalue weighted by Gasteiger charge is -2.19. The number of carbonyl (C=O) groups is 1. The molecule has 0 spiro atoms. The first kappa shape index (κ1) is 18.6. The van der Waals surface area contributed by atoms with Crippen molar-refractivity contribution in [2.45, 2.75) is 32.2 Å². The van der Waals surface area contributed by atoms with Gasteiger partial charge in [0, 0.05) is 23.8 Å². The number of carbonyl (C=O) groups excluding carboxylic acids is 1. The molecule has 2 rings (SSSR count). The maximum absolute atomic E-state index is 12.3. The lowest BCUT2D eigenvalue weighted by Crippen LogP contribution is -2.26. The third kappa shape index (κ3) is 6.03. The highest BCUT2D eigenvalue weighted by Gasteiger charge is 2.13. The number of nitrogens with one attached hydrogen (secondary N) is 2. The van der Waals surface area contributed by atoms with Gasteiger partial charge in [0.05, 0.1) is 14.2 Å². The molecule has 0 saturated carbocycles. The summed E-state index contributed by atoms with van der Waals surface area (Å²) in [5, 5.41) is 6.36. The number of amides is 1. The summed E-state index contributed by atoms with van der Waals surface area (Å²) in [6.07, 6.45) is 2.33. The van der Waals surface area contributed by atoms with E-state index in [9.17, 15) is 4.79 Å². The molecular formula is C20H26N2O3. The Bertz CT molecular complexity index is 654. The van der Waals surface area contributed by atoms with Gasteiger partial charge in [-0.3, -0.25) is 4.79 Å². The summed E-state index contributed by atoms with van der Waals surface area (Å²) in [5.74, 6) is 1.57. The summed E-state index contributed by atoms with van der Waals surface area (Å²) < 4.78 is 10.3. The average molecular weight is 342 g/mol. The second-order valence-corrected chi connectivity index (χ2v) is 5.84. The lowest BCUT2D eigenvalue weighted by molar-refractivity contribution is -0.116. The van der Waals surface area contributed by atoms with E-state index in [0.717, 1.165) is 35.7 Å². The van der Waals surface area contributed by atoms with E-state index in [0.29, 0.717) is 6.42 Å². The number of methoxy groups -OCH3 is 2. The number of rotatable bonds is 9. The second kappa shape index (κ2) is 9.57. The molecule has 2 aromatic carbocycles. The average Bonchev–Trinajstić information content (AvgIpc) is 2.63. The zero-order chi connectivity index (χ0) is 18.1. The van der Waals surface area contributed by atoms with Crippen LogP contribution in [0, 0.1) is 0 Å². The summed E-state index contributed by atoms with van der Waals surface area (Å²) in [5.41, 5.74) is 1.75. The first-order valence-electron chi connectivity index (χ1n) is 8.49. The van der Waals surface area contributed by atoms with Crippen LogP contribution in [0.25, 0.3) is 0 Å². The third-order valence-electron chi connectivity index (χ3n) is 3.90. The fourth-order valence-corrected chi connectivity index (χ4v) is 2.61. The Morgan fingerprint density at radius 3 is 1.92 bits per heavy atom. The molecule has 1 amide bonds. The van der Waals surface area contributed by atoms with E-state index in [2.05, 4.69) is 17.6 Å². The Morgan fingerprint density at radius 1 is 0.920 bits per heavy atom. The smallest absolute Gasteiger partial charge is 0.226 e. The molecule has 2 N–H and O–H groups in total. The fraction of sp³-hybridized carbons (Fsp3) is 0.350. The normalized spacial score (nSPS) is 11.5. The fourth-order valence-electron chi connectivity index (χ4n) is 2.61. The van der Waals surface area contributed by atoms with Gasteiger partial charge in [0.1, 0.15) is 11.5 Å². The van der Waals surface area contributed by atoms with Crippen LogP contribution in [0.3, 0.4) is 0 Å². The third-order valence-corrected chi connectivity index (χ3v) is 3.90. The summed E-state index contributed by atoms with van der Waals surface area (Å²) in [4.78, 5) is 12.3. The molecule has 0 heterocycles. The van der Waals surface area contributed by atoms with Gasteiger partial charge < -0.3 is 20.1 Å². The van der Waals surface area contributed by atoms with Gasteiger partial charge in [0.25, 0.3) is 0 Å². The van der Waals surface area contributed by atoms with Crippen LogP contribution in [-0.2, 0) is 4.79 Å². The quantitative estimate of drug-likeness (QED) is 0.713. The minimum absolute atomic E-state index is 0.00960. The Morgan fingerprint density at radius 2 is 1.44 bits per heavy atom. The van der Waals surface area contributed by atoms with E-state index >= 15 is 0 Å². The zero-order valence-corrected chi connectivity index (χ0v) is 15.0. The minimum atomic E-state index is -0.00960. The van der Waals surface area contributed by atoms with Crippen LogP contribution < -0.4 is 20.1 Å². The molecule has 0 aromatic heterocycles. The van der Waals surface area contributed by atoms with Gasteiger partial charge in [-0.25, -0.2) is 0 Å². The summed E-state index contributed by atoms with van der Waals surface area (Å²) in [6, 6.07) is 15.1. The second-order valence-electron chi connectivity index (χ2n) is 5.84. The van der Waals surface area contributed by atoms with Crippen molar-refractivity contribution >= 4 is 17.3 Å². The van der Waals surface area contributed by atoms with Gasteiger partial charge >= 0.3 is 0 Å². The molecule has 0 aliphatic heterocycles. The molecule has 0 aliphatic carbocycles. The van der Waals surface area contributed by atoms with Crippen LogP contribution in [0.15, 0.2) is 48.5 Å². The van der Waals surface area contributed by atoms with E-state index in [-0.39, 0.29) is 11.9 Å². The van der Waals surface area contributed by atoms with Crippen molar-refractivity contribution in [3.8, 4) is 11.5 Å². The van der Waals surface area contributed by atoms with E-state index in [1.165, 1.54) is 0 Å². The zero-order valence-electron chi connectivity index (χ0n) is 15.0. The molecule has 5 nitrogen and oxygen atoms in total. The number of anilines is 2. The molecule has 2 aromatic rings. The largest absolute Gasteiger partial charge is 0.497 e. The molecule has 0 saturated heterocycles. The van der Waals surface area contributed by atoms with Crippen LogP contribution >= 0.6 is 0 Å². The van der Waals surface area contributed by atoms with Crippen molar-refractivity contribution in [2.24, 2.45) is 0 Å². The highest BCUT2D eigenvalue weighted by atomic mass is 16.5. The molecule has 0 aliphatic rings.